The quantitative estimate of drug-likeness (QED) is 0.436. The molecule has 4 rings (SSSR count). The van der Waals surface area contributed by atoms with E-state index < -0.39 is 6.10 Å². The Kier molecular flexibility index (Phi) is 8.45. The summed E-state index contributed by atoms with van der Waals surface area (Å²) in [5, 5.41) is 10.9. The normalized spacial score (nSPS) is 16.4. The second kappa shape index (κ2) is 11.9. The minimum atomic E-state index is -0.586. The molecule has 180 valence electrons. The van der Waals surface area contributed by atoms with Crippen LogP contribution in [0.2, 0.25) is 0 Å². The third-order valence-corrected chi connectivity index (χ3v) is 6.52. The van der Waals surface area contributed by atoms with Gasteiger partial charge >= 0.3 is 0 Å². The third kappa shape index (κ3) is 6.31. The van der Waals surface area contributed by atoms with Crippen LogP contribution in [0.15, 0.2) is 72.8 Å². The van der Waals surface area contributed by atoms with Crippen molar-refractivity contribution in [3.63, 3.8) is 0 Å². The summed E-state index contributed by atoms with van der Waals surface area (Å²) in [6.07, 6.45) is 3.50. The standard InChI is InChI=1S/C29H35NO4/c1-32-28-17-23-12-9-13-25(16-24(23)18-29(28)33-2)30(19-22-10-5-3-6-11-22)20-26(31)21-34-27-14-7-4-8-15-27/h3-8,10-11,14-15,17-18,25-26,31H,9,12-13,16,19-21H2,1-2H3/t25?,26-/m0/s1. The van der Waals surface area contributed by atoms with E-state index in [0.29, 0.717) is 12.6 Å². The van der Waals surface area contributed by atoms with Gasteiger partial charge in [-0.1, -0.05) is 48.5 Å². The molecule has 0 heterocycles. The van der Waals surface area contributed by atoms with Gasteiger partial charge in [-0.25, -0.2) is 0 Å². The molecule has 0 saturated heterocycles. The summed E-state index contributed by atoms with van der Waals surface area (Å²) in [6.45, 7) is 1.61. The molecule has 0 aromatic heterocycles. The van der Waals surface area contributed by atoms with Crippen LogP contribution >= 0.6 is 0 Å². The number of rotatable bonds is 10. The van der Waals surface area contributed by atoms with Gasteiger partial charge in [-0.3, -0.25) is 4.90 Å². The summed E-state index contributed by atoms with van der Waals surface area (Å²) in [4.78, 5) is 2.42. The second-order valence-electron chi connectivity index (χ2n) is 8.92. The van der Waals surface area contributed by atoms with E-state index in [1.54, 1.807) is 14.2 Å². The fourth-order valence-corrected chi connectivity index (χ4v) is 4.77. The van der Waals surface area contributed by atoms with Gasteiger partial charge in [0.15, 0.2) is 11.5 Å². The van der Waals surface area contributed by atoms with Crippen molar-refractivity contribution in [1.82, 2.24) is 4.90 Å². The zero-order valence-electron chi connectivity index (χ0n) is 20.2. The fourth-order valence-electron chi connectivity index (χ4n) is 4.77. The maximum Gasteiger partial charge on any atom is 0.161 e. The Morgan fingerprint density at radius 1 is 0.912 bits per heavy atom. The van der Waals surface area contributed by atoms with Crippen molar-refractivity contribution < 1.29 is 19.3 Å². The van der Waals surface area contributed by atoms with E-state index in [-0.39, 0.29) is 6.61 Å². The molecule has 0 radical (unpaired) electrons. The van der Waals surface area contributed by atoms with Crippen molar-refractivity contribution in [1.29, 1.82) is 0 Å². The summed E-state index contributed by atoms with van der Waals surface area (Å²) in [5.41, 5.74) is 3.87. The molecule has 0 bridgehead atoms. The number of aliphatic hydroxyl groups excluding tert-OH is 1. The van der Waals surface area contributed by atoms with Crippen LogP contribution < -0.4 is 14.2 Å². The van der Waals surface area contributed by atoms with Gasteiger partial charge in [0, 0.05) is 19.1 Å². The highest BCUT2D eigenvalue weighted by Crippen LogP contribution is 2.34. The summed E-state index contributed by atoms with van der Waals surface area (Å²) in [6, 6.07) is 24.7. The first-order valence-electron chi connectivity index (χ1n) is 12.0. The molecule has 2 atom stereocenters. The van der Waals surface area contributed by atoms with Gasteiger partial charge in [0.1, 0.15) is 18.5 Å². The minimum absolute atomic E-state index is 0.267. The molecule has 5 heteroatoms. The van der Waals surface area contributed by atoms with Crippen molar-refractivity contribution >= 4 is 0 Å². The van der Waals surface area contributed by atoms with Crippen molar-refractivity contribution in [2.24, 2.45) is 0 Å². The zero-order valence-corrected chi connectivity index (χ0v) is 20.2. The maximum atomic E-state index is 10.9. The van der Waals surface area contributed by atoms with E-state index in [1.807, 2.05) is 36.4 Å². The molecule has 1 unspecified atom stereocenters. The number of aryl methyl sites for hydroxylation is 1. The van der Waals surface area contributed by atoms with E-state index in [4.69, 9.17) is 14.2 Å². The number of para-hydroxylation sites is 1. The van der Waals surface area contributed by atoms with Gasteiger partial charge in [0.2, 0.25) is 0 Å². The van der Waals surface area contributed by atoms with Gasteiger partial charge < -0.3 is 19.3 Å². The van der Waals surface area contributed by atoms with Crippen molar-refractivity contribution in [3.05, 3.63) is 89.5 Å². The summed E-state index contributed by atoms with van der Waals surface area (Å²) < 4.78 is 16.9. The third-order valence-electron chi connectivity index (χ3n) is 6.52. The number of methoxy groups -OCH3 is 2. The number of fused-ring (bicyclic) bond motifs is 1. The molecule has 0 fully saturated rings. The topological polar surface area (TPSA) is 51.2 Å². The predicted molar refractivity (Wildman–Crippen MR) is 135 cm³/mol. The summed E-state index contributed by atoms with van der Waals surface area (Å²) in [7, 11) is 3.37. The average molecular weight is 462 g/mol. The highest BCUT2D eigenvalue weighted by molar-refractivity contribution is 5.48. The van der Waals surface area contributed by atoms with Crippen LogP contribution in [0.1, 0.15) is 29.5 Å². The molecule has 1 N–H and O–H groups in total. The second-order valence-corrected chi connectivity index (χ2v) is 8.92. The van der Waals surface area contributed by atoms with E-state index in [0.717, 1.165) is 49.5 Å². The smallest absolute Gasteiger partial charge is 0.161 e. The van der Waals surface area contributed by atoms with E-state index in [9.17, 15) is 5.11 Å². The van der Waals surface area contributed by atoms with Crippen molar-refractivity contribution in [2.75, 3.05) is 27.4 Å². The van der Waals surface area contributed by atoms with Crippen LogP contribution in [0.25, 0.3) is 0 Å². The van der Waals surface area contributed by atoms with Crippen molar-refractivity contribution in [3.8, 4) is 17.2 Å². The van der Waals surface area contributed by atoms with Gasteiger partial charge in [-0.15, -0.1) is 0 Å². The molecule has 3 aromatic rings. The zero-order chi connectivity index (χ0) is 23.8. The molecule has 0 aliphatic heterocycles. The van der Waals surface area contributed by atoms with Crippen LogP contribution in [0.4, 0.5) is 0 Å². The highest BCUT2D eigenvalue weighted by Gasteiger charge is 2.26. The number of hydrogen-bond acceptors (Lipinski definition) is 5. The Hall–Kier alpha value is -3.02. The summed E-state index contributed by atoms with van der Waals surface area (Å²) >= 11 is 0. The molecule has 5 nitrogen and oxygen atoms in total. The number of nitrogens with zero attached hydrogens (tertiary/aromatic N) is 1. The number of ether oxygens (including phenoxy) is 3. The molecule has 0 amide bonds. The van der Waals surface area contributed by atoms with Gasteiger partial charge in [0.25, 0.3) is 0 Å². The molecular weight excluding hydrogens is 426 g/mol. The highest BCUT2D eigenvalue weighted by atomic mass is 16.5. The Morgan fingerprint density at radius 3 is 2.24 bits per heavy atom. The van der Waals surface area contributed by atoms with Crippen LogP contribution in [0, 0.1) is 0 Å². The molecule has 1 aliphatic rings. The van der Waals surface area contributed by atoms with Crippen LogP contribution in [-0.2, 0) is 19.4 Å². The molecule has 34 heavy (non-hydrogen) atoms. The minimum Gasteiger partial charge on any atom is -0.493 e. The lowest BCUT2D eigenvalue weighted by Gasteiger charge is -2.33. The fraction of sp³-hybridized carbons (Fsp3) is 0.379. The van der Waals surface area contributed by atoms with Crippen LogP contribution in [-0.4, -0.2) is 49.5 Å². The molecule has 3 aromatic carbocycles. The Balaban J connectivity index is 1.52. The first-order valence-corrected chi connectivity index (χ1v) is 12.0. The lowest BCUT2D eigenvalue weighted by atomic mass is 9.99. The largest absolute Gasteiger partial charge is 0.493 e. The van der Waals surface area contributed by atoms with Gasteiger partial charge in [0.05, 0.1) is 14.2 Å². The van der Waals surface area contributed by atoms with Crippen LogP contribution in [0.3, 0.4) is 0 Å². The van der Waals surface area contributed by atoms with Gasteiger partial charge in [-0.05, 0) is 66.6 Å². The molecule has 0 spiro atoms. The first kappa shape index (κ1) is 24.1. The Labute approximate surface area is 202 Å². The lowest BCUT2D eigenvalue weighted by Crippen LogP contribution is -2.42. The molecule has 1 aliphatic carbocycles. The first-order chi connectivity index (χ1) is 16.7. The lowest BCUT2D eigenvalue weighted by molar-refractivity contribution is 0.0463. The SMILES string of the molecule is COc1cc2c(cc1OC)CC(N(Cc1ccccc1)C[C@H](O)COc1ccccc1)CCC2. The van der Waals surface area contributed by atoms with Gasteiger partial charge in [-0.2, -0.15) is 0 Å². The number of benzene rings is 3. The van der Waals surface area contributed by atoms with E-state index in [2.05, 4.69) is 41.3 Å². The predicted octanol–water partition coefficient (Wildman–Crippen LogP) is 4.89. The number of aliphatic hydroxyl groups is 1. The molecule has 0 saturated carbocycles. The Morgan fingerprint density at radius 2 is 1.56 bits per heavy atom. The van der Waals surface area contributed by atoms with E-state index in [1.165, 1.54) is 16.7 Å². The average Bonchev–Trinajstić information content (AvgIpc) is 3.09. The van der Waals surface area contributed by atoms with Crippen LogP contribution in [0.5, 0.6) is 17.2 Å². The molecular formula is C29H35NO4. The van der Waals surface area contributed by atoms with E-state index >= 15 is 0 Å². The number of hydrogen-bond donors (Lipinski definition) is 1. The van der Waals surface area contributed by atoms with Crippen molar-refractivity contribution in [2.45, 2.75) is 44.4 Å². The Bertz CT molecular complexity index is 1030. The summed E-state index contributed by atoms with van der Waals surface area (Å²) in [5.74, 6) is 2.34. The maximum absolute atomic E-state index is 10.9. The monoisotopic (exact) mass is 461 g/mol.